The quantitative estimate of drug-likeness (QED) is 0.774. The van der Waals surface area contributed by atoms with Gasteiger partial charge in [0, 0.05) is 23.3 Å². The lowest BCUT2D eigenvalue weighted by atomic mass is 10.1. The Morgan fingerprint density at radius 3 is 2.65 bits per heavy atom. The highest BCUT2D eigenvalue weighted by Gasteiger charge is 2.06. The summed E-state index contributed by atoms with van der Waals surface area (Å²) in [5.74, 6) is 0. The van der Waals surface area contributed by atoms with Crippen LogP contribution in [0, 0.1) is 0 Å². The molecule has 0 aromatic carbocycles. The Kier molecular flexibility index (Phi) is 7.45. The van der Waals surface area contributed by atoms with Crippen molar-refractivity contribution in [2.75, 3.05) is 0 Å². The fraction of sp³-hybridized carbons (Fsp3) is 0.643. The molecular weight excluding hydrogens is 276 g/mol. The topological polar surface area (TPSA) is 24.9 Å². The van der Waals surface area contributed by atoms with Gasteiger partial charge in [0.25, 0.3) is 0 Å². The standard InChI is InChI=1S/C14H23BrN2/c1-3-5-7-13(6-4-2)17-11-14-9-8-12(15)10-16-14/h8-10,13,17H,3-7,11H2,1-2H3. The average molecular weight is 299 g/mol. The summed E-state index contributed by atoms with van der Waals surface area (Å²) < 4.78 is 1.04. The van der Waals surface area contributed by atoms with E-state index < -0.39 is 0 Å². The van der Waals surface area contributed by atoms with Gasteiger partial charge in [0.2, 0.25) is 0 Å². The Labute approximate surface area is 113 Å². The van der Waals surface area contributed by atoms with E-state index in [1.807, 2.05) is 12.3 Å². The van der Waals surface area contributed by atoms with E-state index in [0.717, 1.165) is 16.7 Å². The molecule has 1 heterocycles. The van der Waals surface area contributed by atoms with Crippen molar-refractivity contribution in [3.8, 4) is 0 Å². The van der Waals surface area contributed by atoms with Crippen LogP contribution in [0.5, 0.6) is 0 Å². The molecule has 17 heavy (non-hydrogen) atoms. The lowest BCUT2D eigenvalue weighted by molar-refractivity contribution is 0.431. The van der Waals surface area contributed by atoms with E-state index in [9.17, 15) is 0 Å². The molecule has 0 amide bonds. The van der Waals surface area contributed by atoms with Crippen molar-refractivity contribution < 1.29 is 0 Å². The molecule has 0 saturated carbocycles. The number of nitrogens with zero attached hydrogens (tertiary/aromatic N) is 1. The summed E-state index contributed by atoms with van der Waals surface area (Å²) in [4.78, 5) is 4.38. The van der Waals surface area contributed by atoms with Crippen molar-refractivity contribution in [1.29, 1.82) is 0 Å². The van der Waals surface area contributed by atoms with Gasteiger partial charge in [-0.05, 0) is 40.9 Å². The Bertz CT molecular complexity index is 298. The van der Waals surface area contributed by atoms with Gasteiger partial charge in [0.05, 0.1) is 5.69 Å². The van der Waals surface area contributed by atoms with Crippen LogP contribution in [0.1, 0.15) is 51.6 Å². The van der Waals surface area contributed by atoms with Crippen molar-refractivity contribution in [2.45, 2.75) is 58.5 Å². The molecule has 1 aromatic heterocycles. The van der Waals surface area contributed by atoms with Crippen LogP contribution in [0.3, 0.4) is 0 Å². The summed E-state index contributed by atoms with van der Waals surface area (Å²) >= 11 is 3.40. The average Bonchev–Trinajstić information content (AvgIpc) is 2.35. The zero-order valence-corrected chi connectivity index (χ0v) is 12.5. The van der Waals surface area contributed by atoms with E-state index in [1.165, 1.54) is 32.1 Å². The van der Waals surface area contributed by atoms with E-state index in [1.54, 1.807) is 0 Å². The lowest BCUT2D eigenvalue weighted by Gasteiger charge is -2.17. The van der Waals surface area contributed by atoms with Gasteiger partial charge in [-0.15, -0.1) is 0 Å². The molecule has 0 fully saturated rings. The van der Waals surface area contributed by atoms with Crippen LogP contribution in [0.25, 0.3) is 0 Å². The van der Waals surface area contributed by atoms with Gasteiger partial charge in [-0.25, -0.2) is 0 Å². The molecule has 0 radical (unpaired) electrons. The summed E-state index contributed by atoms with van der Waals surface area (Å²) in [7, 11) is 0. The second-order valence-electron chi connectivity index (χ2n) is 4.48. The first-order chi connectivity index (χ1) is 8.26. The first kappa shape index (κ1) is 14.7. The van der Waals surface area contributed by atoms with Crippen LogP contribution in [0.15, 0.2) is 22.8 Å². The van der Waals surface area contributed by atoms with Crippen molar-refractivity contribution in [2.24, 2.45) is 0 Å². The third-order valence-electron chi connectivity index (χ3n) is 2.90. The third kappa shape index (κ3) is 6.18. The summed E-state index contributed by atoms with van der Waals surface area (Å²) in [6.07, 6.45) is 8.23. The normalized spacial score (nSPS) is 12.6. The second-order valence-corrected chi connectivity index (χ2v) is 5.39. The molecule has 96 valence electrons. The van der Waals surface area contributed by atoms with Gasteiger partial charge < -0.3 is 5.32 Å². The number of rotatable bonds is 8. The van der Waals surface area contributed by atoms with Crippen molar-refractivity contribution in [3.63, 3.8) is 0 Å². The number of aromatic nitrogens is 1. The molecule has 0 aliphatic rings. The molecule has 1 rings (SSSR count). The third-order valence-corrected chi connectivity index (χ3v) is 3.37. The molecule has 1 atom stereocenters. The zero-order valence-electron chi connectivity index (χ0n) is 10.9. The van der Waals surface area contributed by atoms with E-state index in [2.05, 4.69) is 46.1 Å². The minimum absolute atomic E-state index is 0.644. The maximum Gasteiger partial charge on any atom is 0.0542 e. The van der Waals surface area contributed by atoms with Gasteiger partial charge >= 0.3 is 0 Å². The molecule has 0 aliphatic carbocycles. The highest BCUT2D eigenvalue weighted by Crippen LogP contribution is 2.10. The molecule has 0 saturated heterocycles. The van der Waals surface area contributed by atoms with E-state index in [4.69, 9.17) is 0 Å². The number of nitrogens with one attached hydrogen (secondary N) is 1. The number of hydrogen-bond acceptors (Lipinski definition) is 2. The van der Waals surface area contributed by atoms with E-state index in [-0.39, 0.29) is 0 Å². The van der Waals surface area contributed by atoms with Crippen molar-refractivity contribution in [3.05, 3.63) is 28.5 Å². The first-order valence-corrected chi connectivity index (χ1v) is 7.39. The minimum atomic E-state index is 0.644. The molecule has 1 N–H and O–H groups in total. The van der Waals surface area contributed by atoms with Gasteiger partial charge in [0.1, 0.15) is 0 Å². The number of halogens is 1. The molecule has 0 bridgehead atoms. The van der Waals surface area contributed by atoms with Gasteiger partial charge in [-0.3, -0.25) is 4.98 Å². The van der Waals surface area contributed by atoms with Gasteiger partial charge in [-0.1, -0.05) is 33.1 Å². The maximum atomic E-state index is 4.38. The van der Waals surface area contributed by atoms with Crippen molar-refractivity contribution in [1.82, 2.24) is 10.3 Å². The summed E-state index contributed by atoms with van der Waals surface area (Å²) in [6, 6.07) is 4.76. The predicted molar refractivity (Wildman–Crippen MR) is 77.0 cm³/mol. The fourth-order valence-corrected chi connectivity index (χ4v) is 2.14. The predicted octanol–water partition coefficient (Wildman–Crippen LogP) is 4.29. The minimum Gasteiger partial charge on any atom is -0.308 e. The SMILES string of the molecule is CCCCC(CCC)NCc1ccc(Br)cn1. The maximum absolute atomic E-state index is 4.38. The Morgan fingerprint density at radius 2 is 2.06 bits per heavy atom. The van der Waals surface area contributed by atoms with E-state index >= 15 is 0 Å². The van der Waals surface area contributed by atoms with Gasteiger partial charge in [-0.2, -0.15) is 0 Å². The Hall–Kier alpha value is -0.410. The molecule has 0 spiro atoms. The highest BCUT2D eigenvalue weighted by molar-refractivity contribution is 9.10. The van der Waals surface area contributed by atoms with Crippen LogP contribution in [-0.4, -0.2) is 11.0 Å². The number of pyridine rings is 1. The highest BCUT2D eigenvalue weighted by atomic mass is 79.9. The molecule has 1 aromatic rings. The molecule has 0 aliphatic heterocycles. The van der Waals surface area contributed by atoms with Gasteiger partial charge in [0.15, 0.2) is 0 Å². The van der Waals surface area contributed by atoms with Crippen LogP contribution >= 0.6 is 15.9 Å². The summed E-state index contributed by atoms with van der Waals surface area (Å²) in [6.45, 7) is 5.37. The largest absolute Gasteiger partial charge is 0.308 e. The fourth-order valence-electron chi connectivity index (χ4n) is 1.91. The molecule has 2 nitrogen and oxygen atoms in total. The zero-order chi connectivity index (χ0) is 12.5. The number of unbranched alkanes of at least 4 members (excludes halogenated alkanes) is 1. The Morgan fingerprint density at radius 1 is 1.24 bits per heavy atom. The number of hydrogen-bond donors (Lipinski definition) is 1. The van der Waals surface area contributed by atoms with Crippen LogP contribution in [-0.2, 0) is 6.54 Å². The van der Waals surface area contributed by atoms with Crippen LogP contribution < -0.4 is 5.32 Å². The first-order valence-electron chi connectivity index (χ1n) is 6.60. The van der Waals surface area contributed by atoms with Crippen LogP contribution in [0.2, 0.25) is 0 Å². The second kappa shape index (κ2) is 8.65. The summed E-state index contributed by atoms with van der Waals surface area (Å²) in [5, 5.41) is 3.61. The van der Waals surface area contributed by atoms with Crippen molar-refractivity contribution >= 4 is 15.9 Å². The molecule has 1 unspecified atom stereocenters. The smallest absolute Gasteiger partial charge is 0.0542 e. The monoisotopic (exact) mass is 298 g/mol. The molecular formula is C14H23BrN2. The van der Waals surface area contributed by atoms with Crippen LogP contribution in [0.4, 0.5) is 0 Å². The van der Waals surface area contributed by atoms with E-state index in [0.29, 0.717) is 6.04 Å². The molecule has 3 heteroatoms. The lowest BCUT2D eigenvalue weighted by Crippen LogP contribution is -2.28. The Balaban J connectivity index is 2.37. The summed E-state index contributed by atoms with van der Waals surface area (Å²) in [5.41, 5.74) is 1.12.